The van der Waals surface area contributed by atoms with E-state index in [2.05, 4.69) is 15.0 Å². The average Bonchev–Trinajstić information content (AvgIpc) is 4.01. The molecule has 2 saturated carbocycles. The van der Waals surface area contributed by atoms with Gasteiger partial charge in [0, 0.05) is 30.7 Å². The third-order valence-electron chi connectivity index (χ3n) is 12.7. The van der Waals surface area contributed by atoms with E-state index in [9.17, 15) is 27.9 Å². The monoisotopic (exact) mass is 845 g/mol. The topological polar surface area (TPSA) is 185 Å². The Morgan fingerprint density at radius 1 is 1.12 bits per heavy atom. The van der Waals surface area contributed by atoms with E-state index in [1.165, 1.54) is 0 Å². The van der Waals surface area contributed by atoms with Gasteiger partial charge in [0.25, 0.3) is 11.8 Å². The van der Waals surface area contributed by atoms with Crippen LogP contribution >= 0.6 is 0 Å². The van der Waals surface area contributed by atoms with Gasteiger partial charge in [0.15, 0.2) is 0 Å². The van der Waals surface area contributed by atoms with Crippen molar-refractivity contribution >= 4 is 44.6 Å². The van der Waals surface area contributed by atoms with Crippen LogP contribution in [0.4, 0.5) is 13.6 Å². The zero-order valence-electron chi connectivity index (χ0n) is 35.0. The molecule has 2 aliphatic carbocycles. The SMILES string of the molecule is CC(C)Oc1cc2ccccc2c(O[C@@H]2C[C@H]3C(=O)N[C@]4(C(=O)NS(=O)(=O)C5(C)CC5)C[C@H]4C=CCC[C@@H](C)C[C@@H](C)[C@H](N(C(=O)O)C(C)(C)C(C)(F)F)C(=O)N3C2)n1. The summed E-state index contributed by atoms with van der Waals surface area (Å²) in [4.78, 5) is 63.3. The molecule has 3 heterocycles. The normalized spacial score (nSPS) is 28.8. The second-order valence-corrected chi connectivity index (χ2v) is 20.4. The number of amides is 4. The number of carboxylic acid groups (broad SMARTS) is 1. The second-order valence-electron chi connectivity index (χ2n) is 18.2. The summed E-state index contributed by atoms with van der Waals surface area (Å²) in [6.07, 6.45) is 2.83. The molecule has 0 bridgehead atoms. The molecule has 0 unspecified atom stereocenters. The molecule has 1 aromatic heterocycles. The van der Waals surface area contributed by atoms with Gasteiger partial charge in [-0.1, -0.05) is 44.2 Å². The number of nitrogens with zero attached hydrogens (tertiary/aromatic N) is 3. The number of pyridine rings is 1. The van der Waals surface area contributed by atoms with Crippen molar-refractivity contribution < 1.29 is 51.0 Å². The minimum atomic E-state index is -4.09. The number of alkyl halides is 2. The Kier molecular flexibility index (Phi) is 11.8. The van der Waals surface area contributed by atoms with Crippen molar-refractivity contribution in [1.82, 2.24) is 24.8 Å². The highest BCUT2D eigenvalue weighted by molar-refractivity contribution is 7.91. The fraction of sp³-hybridized carbons (Fsp3) is 0.643. The number of allylic oxidation sites excluding steroid dienone is 1. The zero-order chi connectivity index (χ0) is 43.5. The van der Waals surface area contributed by atoms with E-state index in [4.69, 9.17) is 9.47 Å². The number of benzene rings is 1. The van der Waals surface area contributed by atoms with Crippen LogP contribution in [0.1, 0.15) is 100 Å². The number of nitrogens with one attached hydrogen (secondary N) is 2. The van der Waals surface area contributed by atoms with Crippen LogP contribution < -0.4 is 19.5 Å². The van der Waals surface area contributed by atoms with Gasteiger partial charge in [0.1, 0.15) is 29.3 Å². The number of rotatable bonds is 10. The van der Waals surface area contributed by atoms with E-state index in [-0.39, 0.29) is 49.6 Å². The maximum absolute atomic E-state index is 15.4. The van der Waals surface area contributed by atoms with Crippen LogP contribution in [-0.2, 0) is 24.4 Å². The van der Waals surface area contributed by atoms with Crippen LogP contribution in [-0.4, -0.2) is 105 Å². The molecule has 0 spiro atoms. The number of aromatic nitrogens is 1. The average molecular weight is 846 g/mol. The fourth-order valence-corrected chi connectivity index (χ4v) is 9.66. The van der Waals surface area contributed by atoms with E-state index < -0.39 is 85.6 Å². The lowest BCUT2D eigenvalue weighted by atomic mass is 9.84. The first-order valence-electron chi connectivity index (χ1n) is 20.4. The lowest BCUT2D eigenvalue weighted by Gasteiger charge is -2.47. The Morgan fingerprint density at radius 3 is 2.42 bits per heavy atom. The summed E-state index contributed by atoms with van der Waals surface area (Å²) in [5.74, 6) is -7.21. The molecule has 324 valence electrons. The summed E-state index contributed by atoms with van der Waals surface area (Å²) in [6.45, 7) is 11.3. The molecule has 14 nitrogen and oxygen atoms in total. The minimum Gasteiger partial charge on any atom is -0.475 e. The lowest BCUT2D eigenvalue weighted by Crippen LogP contribution is -2.66. The van der Waals surface area contributed by atoms with Gasteiger partial charge in [0.05, 0.1) is 17.4 Å². The molecule has 7 atom stereocenters. The van der Waals surface area contributed by atoms with Gasteiger partial charge in [-0.2, -0.15) is 4.98 Å². The van der Waals surface area contributed by atoms with Crippen LogP contribution in [0.25, 0.3) is 10.8 Å². The van der Waals surface area contributed by atoms with E-state index >= 15 is 13.6 Å². The Bertz CT molecular complexity index is 2120. The molecule has 1 aromatic carbocycles. The number of halogens is 2. The number of hydrogen-bond acceptors (Lipinski definition) is 9. The first-order valence-corrected chi connectivity index (χ1v) is 21.9. The van der Waals surface area contributed by atoms with Crippen molar-refractivity contribution in [2.45, 2.75) is 146 Å². The van der Waals surface area contributed by atoms with E-state index in [1.807, 2.05) is 39.0 Å². The van der Waals surface area contributed by atoms with Crippen molar-refractivity contribution in [2.24, 2.45) is 17.8 Å². The van der Waals surface area contributed by atoms with E-state index in [1.54, 1.807) is 38.1 Å². The molecule has 6 rings (SSSR count). The number of carbonyl (C=O) groups is 4. The van der Waals surface area contributed by atoms with Crippen molar-refractivity contribution in [2.75, 3.05) is 6.54 Å². The Balaban J connectivity index is 1.44. The predicted molar refractivity (Wildman–Crippen MR) is 215 cm³/mol. The second kappa shape index (κ2) is 15.8. The molecule has 3 N–H and O–H groups in total. The van der Waals surface area contributed by atoms with Crippen LogP contribution in [0.15, 0.2) is 42.5 Å². The first-order chi connectivity index (χ1) is 27.4. The summed E-state index contributed by atoms with van der Waals surface area (Å²) in [7, 11) is -4.09. The molecular weight excluding hydrogens is 789 g/mol. The number of ether oxygens (including phenoxy) is 2. The number of carbonyl (C=O) groups excluding carboxylic acids is 3. The zero-order valence-corrected chi connectivity index (χ0v) is 35.8. The highest BCUT2D eigenvalue weighted by Gasteiger charge is 2.63. The van der Waals surface area contributed by atoms with Gasteiger partial charge in [-0.05, 0) is 96.4 Å². The fourth-order valence-electron chi connectivity index (χ4n) is 8.35. The van der Waals surface area contributed by atoms with Gasteiger partial charge in [-0.15, -0.1) is 0 Å². The molecule has 2 aromatic rings. The maximum atomic E-state index is 15.4. The van der Waals surface area contributed by atoms with Gasteiger partial charge >= 0.3 is 6.09 Å². The maximum Gasteiger partial charge on any atom is 0.408 e. The number of sulfonamides is 1. The minimum absolute atomic E-state index is 0.0915. The molecule has 59 heavy (non-hydrogen) atoms. The molecule has 0 radical (unpaired) electrons. The highest BCUT2D eigenvalue weighted by atomic mass is 32.2. The van der Waals surface area contributed by atoms with Gasteiger partial charge in [0.2, 0.25) is 33.6 Å². The number of fused-ring (bicyclic) bond motifs is 3. The summed E-state index contributed by atoms with van der Waals surface area (Å²) in [5, 5.41) is 14.8. The van der Waals surface area contributed by atoms with Crippen LogP contribution in [0.5, 0.6) is 11.8 Å². The van der Waals surface area contributed by atoms with E-state index in [0.717, 1.165) is 24.1 Å². The van der Waals surface area contributed by atoms with Crippen molar-refractivity contribution in [3.63, 3.8) is 0 Å². The standard InChI is InChI=1S/C42H57F2N5O9S/c1-24(2)57-32-20-27-14-10-12-16-30(27)35(45-32)58-29-21-31-34(50)46-42(37(52)47-59(55,56)40(7)17-18-40)22-28(42)15-11-9-13-25(3)19-26(4)33(36(51)48(31)23-29)49(38(53)54)39(5,6)41(8,43)44/h10-12,14-16,20,24-26,28-29,31,33H,9,13,17-19,21-23H2,1-8H3,(H,46,50)(H,47,52)(H,53,54)/t25-,26-,28-,29-,31+,33+,42-/m1/s1. The molecule has 3 fully saturated rings. The van der Waals surface area contributed by atoms with Crippen molar-refractivity contribution in [1.29, 1.82) is 0 Å². The Morgan fingerprint density at radius 2 is 1.80 bits per heavy atom. The third kappa shape index (κ3) is 8.71. The lowest BCUT2D eigenvalue weighted by molar-refractivity contribution is -0.156. The summed E-state index contributed by atoms with van der Waals surface area (Å²) < 4.78 is 70.8. The highest BCUT2D eigenvalue weighted by Crippen LogP contribution is 2.48. The summed E-state index contributed by atoms with van der Waals surface area (Å²) >= 11 is 0. The molecule has 4 amide bonds. The molecule has 1 saturated heterocycles. The van der Waals surface area contributed by atoms with Crippen LogP contribution in [0.2, 0.25) is 0 Å². The quantitative estimate of drug-likeness (QED) is 0.239. The van der Waals surface area contributed by atoms with Crippen LogP contribution in [0, 0.1) is 17.8 Å². The largest absolute Gasteiger partial charge is 0.475 e. The Hall–Kier alpha value is -4.54. The Labute approximate surface area is 344 Å². The van der Waals surface area contributed by atoms with Gasteiger partial charge in [-0.25, -0.2) is 22.0 Å². The third-order valence-corrected chi connectivity index (χ3v) is 14.8. The first kappa shape index (κ1) is 44.0. The predicted octanol–water partition coefficient (Wildman–Crippen LogP) is 6.04. The molecular formula is C42H57F2N5O9S. The van der Waals surface area contributed by atoms with Crippen LogP contribution in [0.3, 0.4) is 0 Å². The number of hydrogen-bond donors (Lipinski definition) is 3. The van der Waals surface area contributed by atoms with Gasteiger partial charge < -0.3 is 24.8 Å². The van der Waals surface area contributed by atoms with Crippen molar-refractivity contribution in [3.05, 3.63) is 42.5 Å². The summed E-state index contributed by atoms with van der Waals surface area (Å²) in [5.41, 5.74) is -4.04. The van der Waals surface area contributed by atoms with Gasteiger partial charge in [-0.3, -0.25) is 24.0 Å². The summed E-state index contributed by atoms with van der Waals surface area (Å²) in [6, 6.07) is 5.97. The molecule has 2 aliphatic heterocycles. The molecule has 4 aliphatic rings. The van der Waals surface area contributed by atoms with E-state index in [0.29, 0.717) is 42.9 Å². The molecule has 17 heteroatoms. The smallest absolute Gasteiger partial charge is 0.408 e. The van der Waals surface area contributed by atoms with Crippen molar-refractivity contribution in [3.8, 4) is 11.8 Å².